The van der Waals surface area contributed by atoms with Crippen LogP contribution in [0.4, 0.5) is 0 Å². The Hall–Kier alpha value is -7.82. The van der Waals surface area contributed by atoms with Crippen LogP contribution in [0.15, 0.2) is 200 Å². The molecule has 4 heteroatoms. The molecular weight excluding hydrogens is 827 g/mol. The number of phenolic OH excluding ortho intramolecular Hbond substituents is 1. The number of phenols is 1. The van der Waals surface area contributed by atoms with Crippen LogP contribution >= 0.6 is 0 Å². The number of pyridine rings is 1. The van der Waals surface area contributed by atoms with Crippen molar-refractivity contribution in [2.24, 2.45) is 0 Å². The number of aromatic hydroxyl groups is 1. The molecule has 0 bridgehead atoms. The highest BCUT2D eigenvalue weighted by atomic mass is 16.3. The zero-order chi connectivity index (χ0) is 47.2. The molecule has 0 saturated carbocycles. The topological polar surface area (TPSA) is 50.9 Å². The summed E-state index contributed by atoms with van der Waals surface area (Å²) < 4.78 is 2.28. The van der Waals surface area contributed by atoms with Crippen LogP contribution in [0.1, 0.15) is 64.7 Å². The Labute approximate surface area is 401 Å². The Balaban J connectivity index is 1.21. The second-order valence-corrected chi connectivity index (χ2v) is 19.8. The van der Waals surface area contributed by atoms with Crippen molar-refractivity contribution < 1.29 is 5.11 Å². The van der Waals surface area contributed by atoms with Crippen LogP contribution < -0.4 is 0 Å². The molecule has 2 heterocycles. The summed E-state index contributed by atoms with van der Waals surface area (Å²) in [5.74, 6) is 0.918. The molecule has 0 amide bonds. The number of aromatic nitrogens is 3. The molecular formula is C64H57N3O. The van der Waals surface area contributed by atoms with Crippen LogP contribution in [0.2, 0.25) is 0 Å². The molecule has 0 fully saturated rings. The van der Waals surface area contributed by atoms with E-state index in [1.165, 1.54) is 16.7 Å². The number of fused-ring (bicyclic) bond motifs is 1. The average Bonchev–Trinajstić information content (AvgIpc) is 3.77. The van der Waals surface area contributed by atoms with Gasteiger partial charge in [0.2, 0.25) is 0 Å². The molecule has 0 aliphatic carbocycles. The number of imidazole rings is 1. The van der Waals surface area contributed by atoms with E-state index in [2.05, 4.69) is 234 Å². The molecule has 0 spiro atoms. The van der Waals surface area contributed by atoms with Gasteiger partial charge < -0.3 is 5.11 Å². The third-order valence-corrected chi connectivity index (χ3v) is 13.8. The molecule has 0 atom stereocenters. The predicted octanol–water partition coefficient (Wildman–Crippen LogP) is 17.1. The fourth-order valence-electron chi connectivity index (χ4n) is 9.33. The predicted molar refractivity (Wildman–Crippen MR) is 285 cm³/mol. The van der Waals surface area contributed by atoms with Gasteiger partial charge in [0.25, 0.3) is 0 Å². The van der Waals surface area contributed by atoms with Gasteiger partial charge in [-0.25, -0.2) is 4.98 Å². The second-order valence-electron chi connectivity index (χ2n) is 19.8. The lowest BCUT2D eigenvalue weighted by molar-refractivity contribution is 0.471. The van der Waals surface area contributed by atoms with Gasteiger partial charge in [-0.2, -0.15) is 0 Å². The van der Waals surface area contributed by atoms with Crippen molar-refractivity contribution >= 4 is 11.0 Å². The summed E-state index contributed by atoms with van der Waals surface area (Å²) in [6.07, 6.45) is 2.92. The van der Waals surface area contributed by atoms with Gasteiger partial charge >= 0.3 is 0 Å². The maximum atomic E-state index is 12.1. The van der Waals surface area contributed by atoms with Crippen molar-refractivity contribution in [3.05, 3.63) is 217 Å². The molecule has 68 heavy (non-hydrogen) atoms. The number of hydrogen-bond acceptors (Lipinski definition) is 3. The standard InChI is InChI=1S/C64H57N3O/c1-8-64(6,7)52-31-32-58(55(40-52)47-23-16-11-17-24-47)67-59-26-18-25-54(60(59)66-62(67)56-41-53(63(3,4)5)35-42(2)61(56)68)50-36-49(44-21-14-10-15-22-44)37-51(38-50)57-39-48(33-34-65-57)46-29-27-45(28-30-46)43-19-12-9-13-20-43/h9-41,68H,8H2,1-7H3. The molecule has 0 saturated heterocycles. The first-order valence-electron chi connectivity index (χ1n) is 23.8. The summed E-state index contributed by atoms with van der Waals surface area (Å²) in [6, 6.07) is 69.1. The first-order valence-corrected chi connectivity index (χ1v) is 23.8. The number of para-hydroxylation sites is 1. The summed E-state index contributed by atoms with van der Waals surface area (Å²) in [6.45, 7) is 15.5. The molecule has 4 nitrogen and oxygen atoms in total. The van der Waals surface area contributed by atoms with E-state index in [1.54, 1.807) is 0 Å². The van der Waals surface area contributed by atoms with Crippen molar-refractivity contribution in [3.8, 4) is 89.7 Å². The van der Waals surface area contributed by atoms with Crippen LogP contribution in [-0.4, -0.2) is 19.6 Å². The van der Waals surface area contributed by atoms with E-state index in [0.29, 0.717) is 11.4 Å². The van der Waals surface area contributed by atoms with Gasteiger partial charge in [-0.05, 0) is 140 Å². The third kappa shape index (κ3) is 8.43. The SMILES string of the molecule is CCC(C)(C)c1ccc(-n2c(-c3cc(C(C)(C)C)cc(C)c3O)nc3c(-c4cc(-c5ccccc5)cc(-c5cc(-c6ccc(-c7ccccc7)cc6)ccn5)c4)cccc32)c(-c2ccccc2)c1. The fraction of sp³-hybridized carbons (Fsp3) is 0.156. The quantitative estimate of drug-likeness (QED) is 0.149. The summed E-state index contributed by atoms with van der Waals surface area (Å²) in [5.41, 5.74) is 19.4. The maximum Gasteiger partial charge on any atom is 0.149 e. The fourth-order valence-corrected chi connectivity index (χ4v) is 9.33. The lowest BCUT2D eigenvalue weighted by atomic mass is 9.81. The Morgan fingerprint density at radius 1 is 0.471 bits per heavy atom. The third-order valence-electron chi connectivity index (χ3n) is 13.8. The lowest BCUT2D eigenvalue weighted by Crippen LogP contribution is -2.16. The normalized spacial score (nSPS) is 11.9. The lowest BCUT2D eigenvalue weighted by Gasteiger charge is -2.26. The highest BCUT2D eigenvalue weighted by molar-refractivity contribution is 5.98. The van der Waals surface area contributed by atoms with Crippen LogP contribution in [0, 0.1) is 6.92 Å². The minimum Gasteiger partial charge on any atom is -0.507 e. The van der Waals surface area contributed by atoms with Crippen molar-refractivity contribution in [1.29, 1.82) is 0 Å². The molecule has 0 radical (unpaired) electrons. The largest absolute Gasteiger partial charge is 0.507 e. The summed E-state index contributed by atoms with van der Waals surface area (Å²) in [7, 11) is 0. The monoisotopic (exact) mass is 883 g/mol. The molecule has 0 unspecified atom stereocenters. The van der Waals surface area contributed by atoms with Gasteiger partial charge in [0.05, 0.1) is 28.0 Å². The summed E-state index contributed by atoms with van der Waals surface area (Å²) in [4.78, 5) is 10.7. The van der Waals surface area contributed by atoms with E-state index in [0.717, 1.165) is 90.0 Å². The molecule has 10 aromatic rings. The van der Waals surface area contributed by atoms with Crippen molar-refractivity contribution in [3.63, 3.8) is 0 Å². The average molecular weight is 884 g/mol. The Morgan fingerprint density at radius 2 is 1.04 bits per heavy atom. The van der Waals surface area contributed by atoms with E-state index in [9.17, 15) is 5.11 Å². The van der Waals surface area contributed by atoms with E-state index >= 15 is 0 Å². The molecule has 8 aromatic carbocycles. The molecule has 0 aliphatic heterocycles. The van der Waals surface area contributed by atoms with E-state index < -0.39 is 0 Å². The molecule has 0 aliphatic rings. The maximum absolute atomic E-state index is 12.1. The first kappa shape index (κ1) is 44.0. The van der Waals surface area contributed by atoms with E-state index in [4.69, 9.17) is 9.97 Å². The Bertz CT molecular complexity index is 3430. The summed E-state index contributed by atoms with van der Waals surface area (Å²) >= 11 is 0. The Kier molecular flexibility index (Phi) is 11.5. The minimum absolute atomic E-state index is 0.0334. The van der Waals surface area contributed by atoms with Crippen LogP contribution in [0.3, 0.4) is 0 Å². The van der Waals surface area contributed by atoms with Crippen LogP contribution in [0.5, 0.6) is 5.75 Å². The van der Waals surface area contributed by atoms with Gasteiger partial charge in [0, 0.05) is 22.9 Å². The zero-order valence-corrected chi connectivity index (χ0v) is 40.0. The van der Waals surface area contributed by atoms with Gasteiger partial charge in [0.1, 0.15) is 11.6 Å². The zero-order valence-electron chi connectivity index (χ0n) is 40.0. The number of nitrogens with zero attached hydrogens (tertiary/aromatic N) is 3. The smallest absolute Gasteiger partial charge is 0.149 e. The number of benzene rings is 8. The minimum atomic E-state index is -0.164. The van der Waals surface area contributed by atoms with Crippen molar-refractivity contribution in [2.45, 2.75) is 65.7 Å². The van der Waals surface area contributed by atoms with Gasteiger partial charge in [-0.15, -0.1) is 0 Å². The van der Waals surface area contributed by atoms with Gasteiger partial charge in [-0.1, -0.05) is 181 Å². The molecule has 1 N–H and O–H groups in total. The first-order chi connectivity index (χ1) is 32.9. The van der Waals surface area contributed by atoms with Crippen molar-refractivity contribution in [2.75, 3.05) is 0 Å². The van der Waals surface area contributed by atoms with Gasteiger partial charge in [0.15, 0.2) is 0 Å². The Morgan fingerprint density at radius 3 is 1.69 bits per heavy atom. The summed E-state index contributed by atoms with van der Waals surface area (Å²) in [5, 5.41) is 12.1. The van der Waals surface area contributed by atoms with Crippen molar-refractivity contribution in [1.82, 2.24) is 14.5 Å². The highest BCUT2D eigenvalue weighted by Crippen LogP contribution is 2.44. The van der Waals surface area contributed by atoms with E-state index in [-0.39, 0.29) is 16.6 Å². The van der Waals surface area contributed by atoms with Gasteiger partial charge in [-0.3, -0.25) is 9.55 Å². The molecule has 334 valence electrons. The van der Waals surface area contributed by atoms with Crippen LogP contribution in [0.25, 0.3) is 95.0 Å². The number of hydrogen-bond donors (Lipinski definition) is 1. The highest BCUT2D eigenvalue weighted by Gasteiger charge is 2.27. The number of rotatable bonds is 10. The number of aryl methyl sites for hydroxylation is 1. The molecule has 10 rings (SSSR count). The van der Waals surface area contributed by atoms with Crippen LogP contribution in [-0.2, 0) is 10.8 Å². The molecule has 2 aromatic heterocycles. The van der Waals surface area contributed by atoms with E-state index in [1.807, 2.05) is 19.2 Å². The second kappa shape index (κ2) is 17.8.